The van der Waals surface area contributed by atoms with Crippen LogP contribution in [0.5, 0.6) is 0 Å². The molecule has 24 heavy (non-hydrogen) atoms. The SMILES string of the molecule is CS(=O)(=O)Nc1ccc(F)cc1C(=O)NCCc1ccc(F)cc1. The number of carbonyl (C=O) groups is 1. The summed E-state index contributed by atoms with van der Waals surface area (Å²) in [5.74, 6) is -1.61. The Balaban J connectivity index is 2.06. The molecule has 2 rings (SSSR count). The van der Waals surface area contributed by atoms with Gasteiger partial charge in [0.25, 0.3) is 5.91 Å². The minimum absolute atomic E-state index is 0.00168. The molecule has 2 aromatic rings. The van der Waals surface area contributed by atoms with Gasteiger partial charge in [-0.25, -0.2) is 17.2 Å². The van der Waals surface area contributed by atoms with Gasteiger partial charge in [0.1, 0.15) is 11.6 Å². The van der Waals surface area contributed by atoms with Crippen molar-refractivity contribution in [3.8, 4) is 0 Å². The van der Waals surface area contributed by atoms with E-state index < -0.39 is 21.7 Å². The largest absolute Gasteiger partial charge is 0.352 e. The van der Waals surface area contributed by atoms with E-state index in [-0.39, 0.29) is 23.6 Å². The molecule has 0 radical (unpaired) electrons. The predicted octanol–water partition coefficient (Wildman–Crippen LogP) is 2.31. The van der Waals surface area contributed by atoms with Crippen molar-refractivity contribution >= 4 is 21.6 Å². The third-order valence-corrected chi connectivity index (χ3v) is 3.72. The van der Waals surface area contributed by atoms with Crippen LogP contribution < -0.4 is 10.0 Å². The molecular weight excluding hydrogens is 338 g/mol. The molecule has 2 aromatic carbocycles. The molecule has 0 aromatic heterocycles. The molecule has 0 unspecified atom stereocenters. The summed E-state index contributed by atoms with van der Waals surface area (Å²) >= 11 is 0. The van der Waals surface area contributed by atoms with Gasteiger partial charge in [-0.1, -0.05) is 12.1 Å². The zero-order valence-corrected chi connectivity index (χ0v) is 13.7. The molecular formula is C16H16F2N2O3S. The van der Waals surface area contributed by atoms with Gasteiger partial charge in [0.15, 0.2) is 0 Å². The van der Waals surface area contributed by atoms with Gasteiger partial charge in [0.05, 0.1) is 17.5 Å². The molecule has 1 amide bonds. The summed E-state index contributed by atoms with van der Waals surface area (Å²) < 4.78 is 51.0. The second kappa shape index (κ2) is 7.39. The molecule has 0 heterocycles. The van der Waals surface area contributed by atoms with Gasteiger partial charge >= 0.3 is 0 Å². The summed E-state index contributed by atoms with van der Waals surface area (Å²) in [4.78, 5) is 12.2. The van der Waals surface area contributed by atoms with Crippen molar-refractivity contribution in [2.75, 3.05) is 17.5 Å². The molecule has 0 aliphatic carbocycles. The minimum atomic E-state index is -3.60. The molecule has 0 fully saturated rings. The molecule has 0 aliphatic heterocycles. The van der Waals surface area contributed by atoms with E-state index in [1.807, 2.05) is 0 Å². The number of carbonyl (C=O) groups excluding carboxylic acids is 1. The first kappa shape index (κ1) is 17.9. The van der Waals surface area contributed by atoms with E-state index in [1.54, 1.807) is 12.1 Å². The minimum Gasteiger partial charge on any atom is -0.352 e. The van der Waals surface area contributed by atoms with Crippen molar-refractivity contribution in [2.45, 2.75) is 6.42 Å². The van der Waals surface area contributed by atoms with Crippen LogP contribution in [0.1, 0.15) is 15.9 Å². The molecule has 8 heteroatoms. The van der Waals surface area contributed by atoms with Gasteiger partial charge in [-0.05, 0) is 42.3 Å². The van der Waals surface area contributed by atoms with Crippen LogP contribution in [0.3, 0.4) is 0 Å². The van der Waals surface area contributed by atoms with Gasteiger partial charge in [-0.15, -0.1) is 0 Å². The number of rotatable bonds is 6. The Hall–Kier alpha value is -2.48. The smallest absolute Gasteiger partial charge is 0.253 e. The van der Waals surface area contributed by atoms with E-state index >= 15 is 0 Å². The van der Waals surface area contributed by atoms with Crippen LogP contribution in [0.2, 0.25) is 0 Å². The normalized spacial score (nSPS) is 11.1. The van der Waals surface area contributed by atoms with Gasteiger partial charge in [0.2, 0.25) is 10.0 Å². The maximum atomic E-state index is 13.4. The van der Waals surface area contributed by atoms with Crippen molar-refractivity contribution in [3.05, 3.63) is 65.2 Å². The fraction of sp³-hybridized carbons (Fsp3) is 0.188. The van der Waals surface area contributed by atoms with E-state index in [2.05, 4.69) is 10.0 Å². The van der Waals surface area contributed by atoms with Gasteiger partial charge in [-0.2, -0.15) is 0 Å². The van der Waals surface area contributed by atoms with Crippen molar-refractivity contribution in [2.24, 2.45) is 0 Å². The predicted molar refractivity (Wildman–Crippen MR) is 87.3 cm³/mol. The molecule has 128 valence electrons. The quantitative estimate of drug-likeness (QED) is 0.836. The van der Waals surface area contributed by atoms with Crippen molar-refractivity contribution in [3.63, 3.8) is 0 Å². The highest BCUT2D eigenvalue weighted by Gasteiger charge is 2.15. The molecule has 0 aliphatic rings. The van der Waals surface area contributed by atoms with Crippen LogP contribution in [0.25, 0.3) is 0 Å². The Labute approximate surface area is 138 Å². The monoisotopic (exact) mass is 354 g/mol. The average Bonchev–Trinajstić information content (AvgIpc) is 2.49. The lowest BCUT2D eigenvalue weighted by Crippen LogP contribution is -2.27. The Morgan fingerprint density at radius 3 is 2.29 bits per heavy atom. The van der Waals surface area contributed by atoms with E-state index in [1.165, 1.54) is 18.2 Å². The first-order chi connectivity index (χ1) is 11.2. The Morgan fingerprint density at radius 1 is 1.04 bits per heavy atom. The molecule has 0 spiro atoms. The molecule has 2 N–H and O–H groups in total. The van der Waals surface area contributed by atoms with Crippen molar-refractivity contribution < 1.29 is 22.0 Å². The first-order valence-corrected chi connectivity index (χ1v) is 8.94. The maximum Gasteiger partial charge on any atom is 0.253 e. The maximum absolute atomic E-state index is 13.4. The number of hydrogen-bond acceptors (Lipinski definition) is 3. The zero-order valence-electron chi connectivity index (χ0n) is 12.8. The number of anilines is 1. The lowest BCUT2D eigenvalue weighted by Gasteiger charge is -2.11. The van der Waals surface area contributed by atoms with E-state index in [0.29, 0.717) is 6.42 Å². The summed E-state index contributed by atoms with van der Waals surface area (Å²) in [5.41, 5.74) is 0.711. The number of halogens is 2. The second-order valence-electron chi connectivity index (χ2n) is 5.20. The second-order valence-corrected chi connectivity index (χ2v) is 6.94. The molecule has 0 saturated heterocycles. The van der Waals surface area contributed by atoms with Crippen LogP contribution in [-0.2, 0) is 16.4 Å². The van der Waals surface area contributed by atoms with Crippen LogP contribution >= 0.6 is 0 Å². The fourth-order valence-electron chi connectivity index (χ4n) is 2.06. The van der Waals surface area contributed by atoms with E-state index in [0.717, 1.165) is 24.0 Å². The van der Waals surface area contributed by atoms with Crippen LogP contribution in [-0.4, -0.2) is 27.1 Å². The highest BCUT2D eigenvalue weighted by molar-refractivity contribution is 7.92. The summed E-state index contributed by atoms with van der Waals surface area (Å²) in [6.45, 7) is 0.235. The van der Waals surface area contributed by atoms with Gasteiger partial charge < -0.3 is 5.32 Å². The lowest BCUT2D eigenvalue weighted by atomic mass is 10.1. The third kappa shape index (κ3) is 5.31. The molecule has 5 nitrogen and oxygen atoms in total. The van der Waals surface area contributed by atoms with Crippen molar-refractivity contribution in [1.82, 2.24) is 5.32 Å². The highest BCUT2D eigenvalue weighted by atomic mass is 32.2. The van der Waals surface area contributed by atoms with Gasteiger partial charge in [-0.3, -0.25) is 9.52 Å². The van der Waals surface area contributed by atoms with E-state index in [4.69, 9.17) is 0 Å². The summed E-state index contributed by atoms with van der Waals surface area (Å²) in [6, 6.07) is 9.03. The number of sulfonamides is 1. The van der Waals surface area contributed by atoms with Crippen LogP contribution in [0.15, 0.2) is 42.5 Å². The topological polar surface area (TPSA) is 75.3 Å². The fourth-order valence-corrected chi connectivity index (χ4v) is 2.64. The van der Waals surface area contributed by atoms with E-state index in [9.17, 15) is 22.0 Å². The number of hydrogen-bond donors (Lipinski definition) is 2. The molecule has 0 saturated carbocycles. The van der Waals surface area contributed by atoms with Crippen molar-refractivity contribution in [1.29, 1.82) is 0 Å². The number of benzene rings is 2. The summed E-state index contributed by atoms with van der Waals surface area (Å²) in [5, 5.41) is 2.58. The molecule has 0 bridgehead atoms. The number of amides is 1. The average molecular weight is 354 g/mol. The first-order valence-electron chi connectivity index (χ1n) is 7.04. The summed E-state index contributed by atoms with van der Waals surface area (Å²) in [6.07, 6.45) is 1.39. The lowest BCUT2D eigenvalue weighted by molar-refractivity contribution is 0.0954. The van der Waals surface area contributed by atoms with Gasteiger partial charge in [0, 0.05) is 6.54 Å². The zero-order chi connectivity index (χ0) is 17.7. The van der Waals surface area contributed by atoms with Crippen LogP contribution in [0, 0.1) is 11.6 Å². The molecule has 0 atom stereocenters. The number of nitrogens with one attached hydrogen (secondary N) is 2. The highest BCUT2D eigenvalue weighted by Crippen LogP contribution is 2.18. The summed E-state index contributed by atoms with van der Waals surface area (Å²) in [7, 11) is -3.60. The third-order valence-electron chi connectivity index (χ3n) is 3.13. The Kier molecular flexibility index (Phi) is 5.50. The standard InChI is InChI=1S/C16H16F2N2O3S/c1-24(22,23)20-15-7-6-13(18)10-14(15)16(21)19-9-8-11-2-4-12(17)5-3-11/h2-7,10,20H,8-9H2,1H3,(H,19,21). The van der Waals surface area contributed by atoms with Crippen LogP contribution in [0.4, 0.5) is 14.5 Å². The Bertz CT molecular complexity index is 837. The Morgan fingerprint density at radius 2 is 1.67 bits per heavy atom.